The zero-order valence-electron chi connectivity index (χ0n) is 12.7. The van der Waals surface area contributed by atoms with Gasteiger partial charge in [0.2, 0.25) is 5.91 Å². The molecule has 3 rings (SSSR count). The Labute approximate surface area is 149 Å². The Morgan fingerprint density at radius 2 is 1.71 bits per heavy atom. The van der Waals surface area contributed by atoms with Crippen molar-refractivity contribution in [3.8, 4) is 0 Å². The lowest BCUT2D eigenvalue weighted by molar-refractivity contribution is -0.120. The Kier molecular flexibility index (Phi) is 5.18. The van der Waals surface area contributed by atoms with Crippen molar-refractivity contribution in [2.24, 2.45) is 0 Å². The number of amides is 1. The molecule has 6 heteroatoms. The molecule has 0 fully saturated rings. The first-order chi connectivity index (χ1) is 11.6. The van der Waals surface area contributed by atoms with Gasteiger partial charge in [0.15, 0.2) is 0 Å². The molecule has 0 radical (unpaired) electrons. The fourth-order valence-corrected chi connectivity index (χ4v) is 2.94. The van der Waals surface area contributed by atoms with E-state index in [1.54, 1.807) is 0 Å². The summed E-state index contributed by atoms with van der Waals surface area (Å²) >= 11 is 12.0. The molecule has 24 heavy (non-hydrogen) atoms. The first-order valence-electron chi connectivity index (χ1n) is 7.45. The first kappa shape index (κ1) is 16.6. The predicted molar refractivity (Wildman–Crippen MR) is 98.3 cm³/mol. The molecule has 1 heterocycles. The second-order valence-electron chi connectivity index (χ2n) is 5.29. The zero-order valence-corrected chi connectivity index (χ0v) is 14.2. The molecule has 122 valence electrons. The number of nitrogens with zero attached hydrogens (tertiary/aromatic N) is 1. The number of nitrogens with one attached hydrogen (secondary N) is 2. The topological polar surface area (TPSA) is 54.0 Å². The minimum Gasteiger partial charge on any atom is -0.295 e. The van der Waals surface area contributed by atoms with Gasteiger partial charge in [0.25, 0.3) is 0 Å². The van der Waals surface area contributed by atoms with Crippen molar-refractivity contribution >= 4 is 45.6 Å². The molecule has 0 spiro atoms. The molecule has 3 aromatic rings. The van der Waals surface area contributed by atoms with E-state index in [0.29, 0.717) is 28.6 Å². The molecule has 1 amide bonds. The fraction of sp³-hybridized carbons (Fsp3) is 0.111. The molecular weight excluding hydrogens is 345 g/mol. The number of benzene rings is 2. The van der Waals surface area contributed by atoms with Gasteiger partial charge in [-0.2, -0.15) is 0 Å². The lowest BCUT2D eigenvalue weighted by Crippen LogP contribution is -2.29. The van der Waals surface area contributed by atoms with Gasteiger partial charge in [0, 0.05) is 18.8 Å². The average Bonchev–Trinajstić information content (AvgIpc) is 2.59. The van der Waals surface area contributed by atoms with Crippen molar-refractivity contribution < 1.29 is 4.79 Å². The van der Waals surface area contributed by atoms with Crippen LogP contribution in [0.4, 0.5) is 5.69 Å². The second-order valence-corrected chi connectivity index (χ2v) is 6.10. The quantitative estimate of drug-likeness (QED) is 0.653. The van der Waals surface area contributed by atoms with Crippen molar-refractivity contribution in [3.63, 3.8) is 0 Å². The number of hydrogen-bond acceptors (Lipinski definition) is 3. The molecule has 0 saturated heterocycles. The van der Waals surface area contributed by atoms with Crippen LogP contribution in [0.3, 0.4) is 0 Å². The summed E-state index contributed by atoms with van der Waals surface area (Å²) in [6.45, 7) is 0. The summed E-state index contributed by atoms with van der Waals surface area (Å²) in [5, 5.41) is 3.03. The maximum Gasteiger partial charge on any atom is 0.238 e. The smallest absolute Gasteiger partial charge is 0.238 e. The van der Waals surface area contributed by atoms with Crippen molar-refractivity contribution in [2.45, 2.75) is 12.8 Å². The van der Waals surface area contributed by atoms with Crippen LogP contribution in [0.25, 0.3) is 10.8 Å². The van der Waals surface area contributed by atoms with E-state index in [9.17, 15) is 4.79 Å². The van der Waals surface area contributed by atoms with Crippen LogP contribution in [0, 0.1) is 0 Å². The van der Waals surface area contributed by atoms with Gasteiger partial charge in [0.1, 0.15) is 0 Å². The standard InChI is InChI=1S/C18H15Cl2N3O/c19-15-10-21-11-16(20)18(15)23-22-17(24)9-8-13-6-3-5-12-4-1-2-7-14(12)13/h1-7,10-11H,8-9H2,(H,21,23)(H,22,24). The van der Waals surface area contributed by atoms with Gasteiger partial charge in [0.05, 0.1) is 15.7 Å². The number of anilines is 1. The number of aromatic nitrogens is 1. The monoisotopic (exact) mass is 359 g/mol. The van der Waals surface area contributed by atoms with Gasteiger partial charge in [-0.05, 0) is 22.8 Å². The molecule has 1 aromatic heterocycles. The molecule has 0 atom stereocenters. The van der Waals surface area contributed by atoms with Crippen LogP contribution in [0.15, 0.2) is 54.9 Å². The molecule has 0 bridgehead atoms. The number of hydrogen-bond donors (Lipinski definition) is 2. The first-order valence-corrected chi connectivity index (χ1v) is 8.21. The number of carbonyl (C=O) groups is 1. The Morgan fingerprint density at radius 1 is 1.00 bits per heavy atom. The van der Waals surface area contributed by atoms with Crippen molar-refractivity contribution in [3.05, 3.63) is 70.5 Å². The highest BCUT2D eigenvalue weighted by molar-refractivity contribution is 6.38. The second kappa shape index (κ2) is 7.51. The summed E-state index contributed by atoms with van der Waals surface area (Å²) in [7, 11) is 0. The van der Waals surface area contributed by atoms with Crippen LogP contribution in [0.1, 0.15) is 12.0 Å². The third-order valence-electron chi connectivity index (χ3n) is 3.68. The average molecular weight is 360 g/mol. The molecular formula is C18H15Cl2N3O. The number of halogens is 2. The molecule has 0 unspecified atom stereocenters. The Balaban J connectivity index is 1.61. The SMILES string of the molecule is O=C(CCc1cccc2ccccc12)NNc1c(Cl)cncc1Cl. The Bertz CT molecular complexity index is 858. The van der Waals surface area contributed by atoms with Crippen LogP contribution in [0.5, 0.6) is 0 Å². The van der Waals surface area contributed by atoms with E-state index in [1.807, 2.05) is 24.3 Å². The van der Waals surface area contributed by atoms with Gasteiger partial charge in [-0.1, -0.05) is 65.7 Å². The summed E-state index contributed by atoms with van der Waals surface area (Å²) in [5.41, 5.74) is 6.94. The van der Waals surface area contributed by atoms with E-state index in [-0.39, 0.29) is 5.91 Å². The van der Waals surface area contributed by atoms with E-state index >= 15 is 0 Å². The summed E-state index contributed by atoms with van der Waals surface area (Å²) in [6, 6.07) is 14.2. The maximum absolute atomic E-state index is 12.1. The van der Waals surface area contributed by atoms with E-state index in [2.05, 4.69) is 34.0 Å². The lowest BCUT2D eigenvalue weighted by Gasteiger charge is -2.11. The largest absolute Gasteiger partial charge is 0.295 e. The van der Waals surface area contributed by atoms with Crippen LogP contribution in [-0.2, 0) is 11.2 Å². The van der Waals surface area contributed by atoms with Crippen molar-refractivity contribution in [2.75, 3.05) is 5.43 Å². The van der Waals surface area contributed by atoms with Gasteiger partial charge in [-0.3, -0.25) is 20.6 Å². The molecule has 0 saturated carbocycles. The van der Waals surface area contributed by atoms with Crippen molar-refractivity contribution in [1.29, 1.82) is 0 Å². The van der Waals surface area contributed by atoms with Crippen LogP contribution in [-0.4, -0.2) is 10.9 Å². The number of pyridine rings is 1. The minimum absolute atomic E-state index is 0.146. The summed E-state index contributed by atoms with van der Waals surface area (Å²) in [5.74, 6) is -0.146. The fourth-order valence-electron chi connectivity index (χ4n) is 2.48. The van der Waals surface area contributed by atoms with E-state index in [0.717, 1.165) is 5.56 Å². The molecule has 4 nitrogen and oxygen atoms in total. The summed E-state index contributed by atoms with van der Waals surface area (Å²) < 4.78 is 0. The molecule has 2 aromatic carbocycles. The number of rotatable bonds is 5. The van der Waals surface area contributed by atoms with Crippen molar-refractivity contribution in [1.82, 2.24) is 10.4 Å². The van der Waals surface area contributed by atoms with E-state index in [4.69, 9.17) is 23.2 Å². The van der Waals surface area contributed by atoms with Gasteiger partial charge >= 0.3 is 0 Å². The number of aryl methyl sites for hydroxylation is 1. The number of fused-ring (bicyclic) bond motifs is 1. The highest BCUT2D eigenvalue weighted by Gasteiger charge is 2.08. The van der Waals surface area contributed by atoms with Gasteiger partial charge in [-0.25, -0.2) is 0 Å². The predicted octanol–water partition coefficient (Wildman–Crippen LogP) is 4.62. The minimum atomic E-state index is -0.146. The van der Waals surface area contributed by atoms with Gasteiger partial charge in [-0.15, -0.1) is 0 Å². The maximum atomic E-state index is 12.1. The van der Waals surface area contributed by atoms with Crippen LogP contribution < -0.4 is 10.9 Å². The van der Waals surface area contributed by atoms with Crippen LogP contribution in [0.2, 0.25) is 10.0 Å². The highest BCUT2D eigenvalue weighted by atomic mass is 35.5. The molecule has 0 aliphatic rings. The summed E-state index contributed by atoms with van der Waals surface area (Å²) in [4.78, 5) is 15.9. The van der Waals surface area contributed by atoms with Crippen LogP contribution >= 0.6 is 23.2 Å². The highest BCUT2D eigenvalue weighted by Crippen LogP contribution is 2.27. The van der Waals surface area contributed by atoms with E-state index in [1.165, 1.54) is 23.2 Å². The Morgan fingerprint density at radius 3 is 2.50 bits per heavy atom. The zero-order chi connectivity index (χ0) is 16.9. The lowest BCUT2D eigenvalue weighted by atomic mass is 10.0. The molecule has 0 aliphatic carbocycles. The number of hydrazine groups is 1. The molecule has 0 aliphatic heterocycles. The normalized spacial score (nSPS) is 10.6. The molecule has 2 N–H and O–H groups in total. The van der Waals surface area contributed by atoms with E-state index < -0.39 is 0 Å². The Hall–Kier alpha value is -2.30. The third kappa shape index (κ3) is 3.78. The summed E-state index contributed by atoms with van der Waals surface area (Å²) in [6.07, 6.45) is 3.91. The number of carbonyl (C=O) groups excluding carboxylic acids is 1. The third-order valence-corrected chi connectivity index (χ3v) is 4.25. The van der Waals surface area contributed by atoms with Gasteiger partial charge < -0.3 is 0 Å².